The molecule has 0 bridgehead atoms. The van der Waals surface area contributed by atoms with Gasteiger partial charge in [0.1, 0.15) is 12.2 Å². The molecule has 2 aromatic carbocycles. The molecular formula is C22H19BrO5. The number of ether oxygens (including phenoxy) is 1. The molecular weight excluding hydrogens is 424 g/mol. The SMILES string of the molecule is Cc1ccc(C)c(C(=O)CCC(=O)OCc2cc(=O)oc3cc(Br)ccc23)c1. The summed E-state index contributed by atoms with van der Waals surface area (Å²) in [6.45, 7) is 3.74. The Bertz CT molecular complexity index is 1110. The number of hydrogen-bond donors (Lipinski definition) is 0. The van der Waals surface area contributed by atoms with Crippen LogP contribution in [0.1, 0.15) is 39.9 Å². The van der Waals surface area contributed by atoms with Crippen LogP contribution in [0.3, 0.4) is 0 Å². The van der Waals surface area contributed by atoms with Crippen LogP contribution >= 0.6 is 15.9 Å². The second-order valence-corrected chi connectivity index (χ2v) is 7.55. The van der Waals surface area contributed by atoms with Crippen molar-refractivity contribution in [1.82, 2.24) is 0 Å². The first kappa shape index (κ1) is 20.0. The van der Waals surface area contributed by atoms with E-state index in [0.29, 0.717) is 22.1 Å². The van der Waals surface area contributed by atoms with Crippen molar-refractivity contribution in [2.45, 2.75) is 33.3 Å². The molecule has 3 aromatic rings. The van der Waals surface area contributed by atoms with Gasteiger partial charge in [0.25, 0.3) is 0 Å². The predicted octanol–water partition coefficient (Wildman–Crippen LogP) is 4.88. The summed E-state index contributed by atoms with van der Waals surface area (Å²) < 4.78 is 11.2. The molecule has 1 heterocycles. The van der Waals surface area contributed by atoms with Crippen LogP contribution in [0.4, 0.5) is 0 Å². The molecule has 28 heavy (non-hydrogen) atoms. The van der Waals surface area contributed by atoms with Gasteiger partial charge in [-0.25, -0.2) is 4.79 Å². The van der Waals surface area contributed by atoms with Gasteiger partial charge < -0.3 is 9.15 Å². The van der Waals surface area contributed by atoms with Crippen LogP contribution in [0.25, 0.3) is 11.0 Å². The average Bonchev–Trinajstić information content (AvgIpc) is 2.65. The minimum absolute atomic E-state index is 0.0167. The average molecular weight is 443 g/mol. The van der Waals surface area contributed by atoms with E-state index < -0.39 is 11.6 Å². The molecule has 0 saturated carbocycles. The summed E-state index contributed by atoms with van der Waals surface area (Å²) in [7, 11) is 0. The van der Waals surface area contributed by atoms with E-state index in [0.717, 1.165) is 15.6 Å². The zero-order valence-electron chi connectivity index (χ0n) is 15.6. The van der Waals surface area contributed by atoms with Gasteiger partial charge in [0, 0.05) is 33.5 Å². The fourth-order valence-corrected chi connectivity index (χ4v) is 3.28. The summed E-state index contributed by atoms with van der Waals surface area (Å²) in [6.07, 6.45) is 0.0604. The number of hydrogen-bond acceptors (Lipinski definition) is 5. The minimum atomic E-state index is -0.512. The molecule has 0 amide bonds. The third-order valence-electron chi connectivity index (χ3n) is 4.43. The summed E-state index contributed by atoms with van der Waals surface area (Å²) in [5.41, 5.74) is 2.98. The maximum Gasteiger partial charge on any atom is 0.336 e. The quantitative estimate of drug-likeness (QED) is 0.309. The Morgan fingerprint density at radius 3 is 2.61 bits per heavy atom. The van der Waals surface area contributed by atoms with Crippen molar-refractivity contribution in [3.05, 3.63) is 79.6 Å². The molecule has 0 unspecified atom stereocenters. The molecule has 1 aromatic heterocycles. The third kappa shape index (κ3) is 4.75. The first-order chi connectivity index (χ1) is 13.3. The Morgan fingerprint density at radius 2 is 1.82 bits per heavy atom. The third-order valence-corrected chi connectivity index (χ3v) is 4.92. The number of carbonyl (C=O) groups is 2. The number of Topliss-reactive ketones (excluding diaryl/α,β-unsaturated/α-hetero) is 1. The molecule has 0 saturated heterocycles. The van der Waals surface area contributed by atoms with Gasteiger partial charge in [-0.2, -0.15) is 0 Å². The van der Waals surface area contributed by atoms with Crippen LogP contribution in [-0.4, -0.2) is 11.8 Å². The van der Waals surface area contributed by atoms with E-state index in [9.17, 15) is 14.4 Å². The van der Waals surface area contributed by atoms with Crippen molar-refractivity contribution in [2.24, 2.45) is 0 Å². The molecule has 3 rings (SSSR count). The smallest absolute Gasteiger partial charge is 0.336 e. The van der Waals surface area contributed by atoms with Gasteiger partial charge in [-0.05, 0) is 43.7 Å². The summed E-state index contributed by atoms with van der Waals surface area (Å²) in [5.74, 6) is -0.578. The summed E-state index contributed by atoms with van der Waals surface area (Å²) >= 11 is 3.33. The molecule has 0 radical (unpaired) electrons. The molecule has 6 heteroatoms. The standard InChI is InChI=1S/C22H19BrO5/c1-13-3-4-14(2)18(9-13)19(24)7-8-21(25)27-12-15-10-22(26)28-20-11-16(23)5-6-17(15)20/h3-6,9-11H,7-8,12H2,1-2H3. The topological polar surface area (TPSA) is 73.6 Å². The van der Waals surface area contributed by atoms with Crippen molar-refractivity contribution < 1.29 is 18.7 Å². The molecule has 0 fully saturated rings. The fraction of sp³-hybridized carbons (Fsp3) is 0.227. The van der Waals surface area contributed by atoms with Gasteiger partial charge in [-0.3, -0.25) is 9.59 Å². The Kier molecular flexibility index (Phi) is 6.09. The maximum absolute atomic E-state index is 12.4. The first-order valence-corrected chi connectivity index (χ1v) is 9.61. The summed E-state index contributed by atoms with van der Waals surface area (Å²) in [4.78, 5) is 36.2. The van der Waals surface area contributed by atoms with Crippen LogP contribution in [0, 0.1) is 13.8 Å². The lowest BCUT2D eigenvalue weighted by Gasteiger charge is -2.08. The lowest BCUT2D eigenvalue weighted by atomic mass is 9.99. The summed E-state index contributed by atoms with van der Waals surface area (Å²) in [5, 5.41) is 0.696. The Labute approximate surface area is 170 Å². The van der Waals surface area contributed by atoms with E-state index in [4.69, 9.17) is 9.15 Å². The van der Waals surface area contributed by atoms with Crippen LogP contribution in [0.15, 0.2) is 56.1 Å². The van der Waals surface area contributed by atoms with Crippen molar-refractivity contribution in [2.75, 3.05) is 0 Å². The Balaban J connectivity index is 1.63. The largest absolute Gasteiger partial charge is 0.461 e. The maximum atomic E-state index is 12.4. The van der Waals surface area contributed by atoms with Crippen LogP contribution in [0.2, 0.25) is 0 Å². The van der Waals surface area contributed by atoms with Crippen molar-refractivity contribution in [3.8, 4) is 0 Å². The second kappa shape index (κ2) is 8.52. The van der Waals surface area contributed by atoms with Crippen molar-refractivity contribution in [1.29, 1.82) is 0 Å². The second-order valence-electron chi connectivity index (χ2n) is 6.63. The molecule has 0 spiro atoms. The Hall–Kier alpha value is -2.73. The fourth-order valence-electron chi connectivity index (χ4n) is 2.94. The van der Waals surface area contributed by atoms with Crippen LogP contribution in [-0.2, 0) is 16.1 Å². The highest BCUT2D eigenvalue weighted by atomic mass is 79.9. The molecule has 0 aliphatic carbocycles. The molecule has 0 aliphatic rings. The zero-order chi connectivity index (χ0) is 20.3. The number of ketones is 1. The van der Waals surface area contributed by atoms with E-state index in [1.807, 2.05) is 38.1 Å². The van der Waals surface area contributed by atoms with Gasteiger partial charge in [-0.1, -0.05) is 33.6 Å². The van der Waals surface area contributed by atoms with E-state index >= 15 is 0 Å². The molecule has 144 valence electrons. The number of benzene rings is 2. The number of esters is 1. The summed E-state index contributed by atoms with van der Waals surface area (Å²) in [6, 6.07) is 12.3. The molecule has 5 nitrogen and oxygen atoms in total. The highest BCUT2D eigenvalue weighted by Gasteiger charge is 2.14. The highest BCUT2D eigenvalue weighted by Crippen LogP contribution is 2.22. The predicted molar refractivity (Wildman–Crippen MR) is 109 cm³/mol. The normalized spacial score (nSPS) is 10.8. The van der Waals surface area contributed by atoms with E-state index in [2.05, 4.69) is 15.9 Å². The first-order valence-electron chi connectivity index (χ1n) is 8.82. The lowest BCUT2D eigenvalue weighted by Crippen LogP contribution is -2.10. The molecule has 0 atom stereocenters. The lowest BCUT2D eigenvalue weighted by molar-refractivity contribution is -0.144. The number of fused-ring (bicyclic) bond motifs is 1. The molecule has 0 N–H and O–H groups in total. The monoisotopic (exact) mass is 442 g/mol. The zero-order valence-corrected chi connectivity index (χ0v) is 17.2. The van der Waals surface area contributed by atoms with Crippen LogP contribution in [0.5, 0.6) is 0 Å². The number of halogens is 1. The Morgan fingerprint density at radius 1 is 1.04 bits per heavy atom. The number of carbonyl (C=O) groups excluding carboxylic acids is 2. The molecule has 0 aliphatic heterocycles. The van der Waals surface area contributed by atoms with E-state index in [1.165, 1.54) is 6.07 Å². The number of rotatable bonds is 6. The van der Waals surface area contributed by atoms with Gasteiger partial charge in [0.15, 0.2) is 5.78 Å². The van der Waals surface area contributed by atoms with Crippen LogP contribution < -0.4 is 5.63 Å². The van der Waals surface area contributed by atoms with E-state index in [-0.39, 0.29) is 25.2 Å². The van der Waals surface area contributed by atoms with E-state index in [1.54, 1.807) is 12.1 Å². The van der Waals surface area contributed by atoms with Gasteiger partial charge in [-0.15, -0.1) is 0 Å². The van der Waals surface area contributed by atoms with Gasteiger partial charge in [0.05, 0.1) is 6.42 Å². The van der Waals surface area contributed by atoms with Crippen molar-refractivity contribution >= 4 is 38.7 Å². The van der Waals surface area contributed by atoms with Crippen molar-refractivity contribution in [3.63, 3.8) is 0 Å². The number of aryl methyl sites for hydroxylation is 2. The van der Waals surface area contributed by atoms with Gasteiger partial charge in [0.2, 0.25) is 0 Å². The van der Waals surface area contributed by atoms with Gasteiger partial charge >= 0.3 is 11.6 Å². The highest BCUT2D eigenvalue weighted by molar-refractivity contribution is 9.10. The minimum Gasteiger partial charge on any atom is -0.461 e.